The largest absolute Gasteiger partial charge is 0.469 e. The molecule has 0 bridgehead atoms. The van der Waals surface area contributed by atoms with Crippen molar-refractivity contribution in [2.45, 2.75) is 97.5 Å². The number of aliphatic hydroxyl groups is 1. The minimum absolute atomic E-state index is 0.118. The summed E-state index contributed by atoms with van der Waals surface area (Å²) in [4.78, 5) is 11.5. The van der Waals surface area contributed by atoms with Gasteiger partial charge in [0, 0.05) is 12.8 Å². The van der Waals surface area contributed by atoms with E-state index in [1.165, 1.54) is 25.5 Å². The molecular weight excluding hydrogens is 379 g/mol. The van der Waals surface area contributed by atoms with Gasteiger partial charge in [0.1, 0.15) is 5.83 Å². The second kappa shape index (κ2) is 8.22. The summed E-state index contributed by atoms with van der Waals surface area (Å²) in [5.41, 5.74) is 1.53. The number of aliphatic hydroxyl groups excluding tert-OH is 1. The van der Waals surface area contributed by atoms with Gasteiger partial charge in [-0.3, -0.25) is 4.79 Å². The molecule has 0 saturated heterocycles. The minimum atomic E-state index is -0.243. The van der Waals surface area contributed by atoms with Crippen LogP contribution in [0.5, 0.6) is 0 Å². The van der Waals surface area contributed by atoms with Gasteiger partial charge in [-0.15, -0.1) is 0 Å². The molecule has 0 amide bonds. The normalized spacial score (nSPS) is 44.1. The Hall–Kier alpha value is -0.900. The summed E-state index contributed by atoms with van der Waals surface area (Å²) in [5.74, 6) is 2.28. The van der Waals surface area contributed by atoms with Crippen molar-refractivity contribution < 1.29 is 19.0 Å². The number of allylic oxidation sites excluding steroid dienone is 2. The van der Waals surface area contributed by atoms with Crippen molar-refractivity contribution in [3.63, 3.8) is 0 Å². The third kappa shape index (κ3) is 3.55. The highest BCUT2D eigenvalue weighted by molar-refractivity contribution is 5.68. The molecule has 4 heteroatoms. The molecule has 3 fully saturated rings. The number of carbonyl (C=O) groups is 1. The zero-order chi connectivity index (χ0) is 21.7. The van der Waals surface area contributed by atoms with Crippen molar-refractivity contribution >= 4 is 5.97 Å². The van der Waals surface area contributed by atoms with E-state index in [1.54, 1.807) is 0 Å². The molecule has 1 N–H and O–H groups in total. The monoisotopic (exact) mass is 420 g/mol. The number of hydrogen-bond donors (Lipinski definition) is 1. The Bertz CT molecular complexity index is 702. The molecular formula is C26H41FO3. The van der Waals surface area contributed by atoms with Crippen LogP contribution in [0.15, 0.2) is 11.4 Å². The molecule has 4 aliphatic rings. The van der Waals surface area contributed by atoms with Crippen LogP contribution in [0.1, 0.15) is 91.4 Å². The second-order valence-electron chi connectivity index (χ2n) is 11.5. The van der Waals surface area contributed by atoms with E-state index in [-0.39, 0.29) is 28.7 Å². The van der Waals surface area contributed by atoms with E-state index < -0.39 is 0 Å². The van der Waals surface area contributed by atoms with Gasteiger partial charge in [-0.25, -0.2) is 4.39 Å². The minimum Gasteiger partial charge on any atom is -0.469 e. The van der Waals surface area contributed by atoms with Crippen molar-refractivity contribution in [3.8, 4) is 0 Å². The van der Waals surface area contributed by atoms with Crippen LogP contribution in [0, 0.1) is 40.4 Å². The highest BCUT2D eigenvalue weighted by Gasteiger charge is 2.59. The number of methoxy groups -OCH3 is 1. The summed E-state index contributed by atoms with van der Waals surface area (Å²) in [5, 5.41) is 10.2. The number of ether oxygens (including phenoxy) is 1. The van der Waals surface area contributed by atoms with Crippen molar-refractivity contribution in [2.75, 3.05) is 7.11 Å². The van der Waals surface area contributed by atoms with Crippen molar-refractivity contribution in [2.24, 2.45) is 40.4 Å². The SMILES string of the molecule is COC(=O)CCC[C@@H](C)[C@H]1CC[C@H]2C3=C(F)C[C@H]4C[C@@H](O)CC[C@]4(C)[C@H]3CC[C@]12C. The van der Waals surface area contributed by atoms with Gasteiger partial charge in [-0.2, -0.15) is 0 Å². The van der Waals surface area contributed by atoms with E-state index in [2.05, 4.69) is 20.8 Å². The first kappa shape index (κ1) is 22.3. The van der Waals surface area contributed by atoms with Crippen LogP contribution in [-0.2, 0) is 9.53 Å². The maximum Gasteiger partial charge on any atom is 0.305 e. The van der Waals surface area contributed by atoms with E-state index in [4.69, 9.17) is 4.74 Å². The highest BCUT2D eigenvalue weighted by atomic mass is 19.1. The van der Waals surface area contributed by atoms with Gasteiger partial charge < -0.3 is 9.84 Å². The fraction of sp³-hybridized carbons (Fsp3) is 0.885. The van der Waals surface area contributed by atoms with Gasteiger partial charge in [0.25, 0.3) is 0 Å². The summed E-state index contributed by atoms with van der Waals surface area (Å²) in [6.07, 6.45) is 10.0. The molecule has 30 heavy (non-hydrogen) atoms. The van der Waals surface area contributed by atoms with Crippen molar-refractivity contribution in [1.82, 2.24) is 0 Å². The Kier molecular flexibility index (Phi) is 6.11. The lowest BCUT2D eigenvalue weighted by atomic mass is 9.47. The van der Waals surface area contributed by atoms with Crippen molar-refractivity contribution in [3.05, 3.63) is 11.4 Å². The predicted molar refractivity (Wildman–Crippen MR) is 116 cm³/mol. The van der Waals surface area contributed by atoms with Gasteiger partial charge in [0.2, 0.25) is 0 Å². The van der Waals surface area contributed by atoms with Gasteiger partial charge >= 0.3 is 5.97 Å². The maximum absolute atomic E-state index is 15.6. The molecule has 170 valence electrons. The summed E-state index contributed by atoms with van der Waals surface area (Å²) in [6.45, 7) is 7.17. The third-order valence-electron chi connectivity index (χ3n) is 10.1. The number of carbonyl (C=O) groups excluding carboxylic acids is 1. The quantitative estimate of drug-likeness (QED) is 0.538. The van der Waals surface area contributed by atoms with E-state index in [0.29, 0.717) is 42.4 Å². The average Bonchev–Trinajstić information content (AvgIpc) is 3.06. The number of hydrogen-bond acceptors (Lipinski definition) is 3. The Morgan fingerprint density at radius 3 is 2.60 bits per heavy atom. The Balaban J connectivity index is 1.52. The molecule has 3 nitrogen and oxygen atoms in total. The Morgan fingerprint density at radius 1 is 1.17 bits per heavy atom. The van der Waals surface area contributed by atoms with Crippen LogP contribution in [0.3, 0.4) is 0 Å². The number of fused-ring (bicyclic) bond motifs is 5. The Labute approximate surface area is 181 Å². The van der Waals surface area contributed by atoms with Crippen LogP contribution in [-0.4, -0.2) is 24.3 Å². The fourth-order valence-corrected chi connectivity index (χ4v) is 8.36. The molecule has 4 rings (SSSR count). The molecule has 8 atom stereocenters. The summed E-state index contributed by atoms with van der Waals surface area (Å²) in [7, 11) is 1.46. The molecule has 0 radical (unpaired) electrons. The summed E-state index contributed by atoms with van der Waals surface area (Å²) < 4.78 is 20.4. The molecule has 4 aliphatic carbocycles. The molecule has 0 heterocycles. The Morgan fingerprint density at radius 2 is 1.87 bits per heavy atom. The smallest absolute Gasteiger partial charge is 0.305 e. The zero-order valence-electron chi connectivity index (χ0n) is 19.4. The molecule has 0 spiro atoms. The second-order valence-corrected chi connectivity index (χ2v) is 11.5. The topological polar surface area (TPSA) is 46.5 Å². The van der Waals surface area contributed by atoms with Gasteiger partial charge in [0.05, 0.1) is 13.2 Å². The third-order valence-corrected chi connectivity index (χ3v) is 10.1. The van der Waals surface area contributed by atoms with E-state index in [0.717, 1.165) is 44.9 Å². The lowest BCUT2D eigenvalue weighted by Crippen LogP contribution is -2.50. The van der Waals surface area contributed by atoms with Gasteiger partial charge in [-0.05, 0) is 104 Å². The maximum atomic E-state index is 15.6. The first-order valence-corrected chi connectivity index (χ1v) is 12.3. The molecule has 0 unspecified atom stereocenters. The van der Waals surface area contributed by atoms with Crippen LogP contribution in [0.2, 0.25) is 0 Å². The molecule has 3 saturated carbocycles. The van der Waals surface area contributed by atoms with E-state index in [1.807, 2.05) is 0 Å². The van der Waals surface area contributed by atoms with Crippen LogP contribution in [0.4, 0.5) is 4.39 Å². The lowest BCUT2D eigenvalue weighted by molar-refractivity contribution is -0.140. The van der Waals surface area contributed by atoms with Gasteiger partial charge in [-0.1, -0.05) is 20.8 Å². The predicted octanol–water partition coefficient (Wildman–Crippen LogP) is 6.20. The number of halogens is 1. The molecule has 0 aromatic carbocycles. The number of rotatable bonds is 5. The molecule has 0 aromatic heterocycles. The van der Waals surface area contributed by atoms with E-state index in [9.17, 15) is 9.90 Å². The van der Waals surface area contributed by atoms with Crippen LogP contribution < -0.4 is 0 Å². The number of esters is 1. The zero-order valence-corrected chi connectivity index (χ0v) is 19.4. The standard InChI is InChI=1S/C26H41FO3/c1-16(6-5-7-23(29)30-4)19-8-9-20-24-21(11-13-26(19,20)3)25(2)12-10-18(28)14-17(25)15-22(24)27/h16-21,28H,5-15H2,1-4H3/t16-,17-,18+,19-,20+,21+,25+,26-/m1/s1. The first-order chi connectivity index (χ1) is 14.2. The van der Waals surface area contributed by atoms with Crippen molar-refractivity contribution in [1.29, 1.82) is 0 Å². The van der Waals surface area contributed by atoms with E-state index >= 15 is 4.39 Å². The summed E-state index contributed by atoms with van der Waals surface area (Å²) >= 11 is 0. The molecule has 0 aliphatic heterocycles. The van der Waals surface area contributed by atoms with Crippen LogP contribution >= 0.6 is 0 Å². The average molecular weight is 421 g/mol. The lowest BCUT2D eigenvalue weighted by Gasteiger charge is -2.58. The fourth-order valence-electron chi connectivity index (χ4n) is 8.36. The highest BCUT2D eigenvalue weighted by Crippen LogP contribution is 2.68. The molecule has 0 aromatic rings. The first-order valence-electron chi connectivity index (χ1n) is 12.3. The summed E-state index contributed by atoms with van der Waals surface area (Å²) in [6, 6.07) is 0. The van der Waals surface area contributed by atoms with Gasteiger partial charge in [0.15, 0.2) is 0 Å². The van der Waals surface area contributed by atoms with Crippen LogP contribution in [0.25, 0.3) is 0 Å².